The second-order valence-corrected chi connectivity index (χ2v) is 7.18. The molecule has 2 N–H and O–H groups in total. The smallest absolute Gasteiger partial charge is 0.240 e. The molecule has 0 saturated carbocycles. The minimum Gasteiger partial charge on any atom is -0.325 e. The molecule has 4 rings (SSSR count). The van der Waals surface area contributed by atoms with Crippen molar-refractivity contribution in [3.8, 4) is 0 Å². The topological polar surface area (TPSA) is 76.0 Å². The van der Waals surface area contributed by atoms with Gasteiger partial charge < -0.3 is 10.6 Å². The van der Waals surface area contributed by atoms with E-state index in [0.29, 0.717) is 32.7 Å². The molecular formula is C16H14Cl2N4O2. The van der Waals surface area contributed by atoms with Gasteiger partial charge in [0.15, 0.2) is 0 Å². The molecule has 8 heteroatoms. The largest absolute Gasteiger partial charge is 0.325 e. The van der Waals surface area contributed by atoms with Gasteiger partial charge in [-0.15, -0.1) is 0 Å². The van der Waals surface area contributed by atoms with Crippen LogP contribution in [0.3, 0.4) is 0 Å². The van der Waals surface area contributed by atoms with Crippen LogP contribution in [0.5, 0.6) is 0 Å². The Bertz CT molecular complexity index is 906. The molecule has 2 aliphatic rings. The molecule has 0 saturated heterocycles. The van der Waals surface area contributed by atoms with Crippen molar-refractivity contribution in [2.75, 3.05) is 10.6 Å². The number of benzene rings is 1. The van der Waals surface area contributed by atoms with Crippen molar-refractivity contribution in [1.29, 1.82) is 0 Å². The van der Waals surface area contributed by atoms with Crippen LogP contribution in [-0.2, 0) is 15.0 Å². The molecule has 0 bridgehead atoms. The van der Waals surface area contributed by atoms with E-state index in [1.54, 1.807) is 23.0 Å². The SMILES string of the molecule is CC(C)n1ncc2c1NC(=O)CC21C(=O)Nc2cc(Cl)cc(Cl)c21. The number of anilines is 2. The first kappa shape index (κ1) is 15.5. The fraction of sp³-hybridized carbons (Fsp3) is 0.312. The summed E-state index contributed by atoms with van der Waals surface area (Å²) in [6, 6.07) is 3.27. The Labute approximate surface area is 148 Å². The highest BCUT2D eigenvalue weighted by molar-refractivity contribution is 6.37. The summed E-state index contributed by atoms with van der Waals surface area (Å²) in [5, 5.41) is 10.8. The van der Waals surface area contributed by atoms with E-state index in [2.05, 4.69) is 15.7 Å². The van der Waals surface area contributed by atoms with Crippen LogP contribution < -0.4 is 10.6 Å². The maximum Gasteiger partial charge on any atom is 0.240 e. The van der Waals surface area contributed by atoms with E-state index in [9.17, 15) is 9.59 Å². The standard InChI is InChI=1S/C16H14Cl2N4O2/c1-7(2)22-14-9(6-19-22)16(5-12(23)21-14)13-10(18)3-8(17)4-11(13)20-15(16)24/h3-4,6-7H,5H2,1-2H3,(H,20,24)(H,21,23). The van der Waals surface area contributed by atoms with Gasteiger partial charge in [-0.25, -0.2) is 4.68 Å². The van der Waals surface area contributed by atoms with Crippen LogP contribution in [-0.4, -0.2) is 21.6 Å². The summed E-state index contributed by atoms with van der Waals surface area (Å²) in [5.41, 5.74) is 0.589. The predicted molar refractivity (Wildman–Crippen MR) is 91.7 cm³/mol. The van der Waals surface area contributed by atoms with Gasteiger partial charge in [0.2, 0.25) is 11.8 Å². The van der Waals surface area contributed by atoms with Crippen LogP contribution in [0, 0.1) is 0 Å². The fourth-order valence-electron chi connectivity index (χ4n) is 3.58. The van der Waals surface area contributed by atoms with Crippen LogP contribution in [0.1, 0.15) is 37.4 Å². The Morgan fingerprint density at radius 2 is 2.00 bits per heavy atom. The van der Waals surface area contributed by atoms with Gasteiger partial charge in [0, 0.05) is 39.3 Å². The van der Waals surface area contributed by atoms with Gasteiger partial charge in [-0.2, -0.15) is 5.10 Å². The summed E-state index contributed by atoms with van der Waals surface area (Å²) >= 11 is 12.5. The number of nitrogens with one attached hydrogen (secondary N) is 2. The second-order valence-electron chi connectivity index (χ2n) is 6.34. The van der Waals surface area contributed by atoms with E-state index < -0.39 is 5.41 Å². The van der Waals surface area contributed by atoms with Gasteiger partial charge in [-0.1, -0.05) is 23.2 Å². The van der Waals surface area contributed by atoms with Gasteiger partial charge >= 0.3 is 0 Å². The molecule has 1 atom stereocenters. The third kappa shape index (κ3) is 1.87. The highest BCUT2D eigenvalue weighted by Gasteiger charge is 2.55. The van der Waals surface area contributed by atoms with Gasteiger partial charge in [0.05, 0.1) is 6.20 Å². The summed E-state index contributed by atoms with van der Waals surface area (Å²) in [4.78, 5) is 25.3. The lowest BCUT2D eigenvalue weighted by molar-refractivity contribution is -0.125. The molecule has 6 nitrogen and oxygen atoms in total. The summed E-state index contributed by atoms with van der Waals surface area (Å²) in [7, 11) is 0. The van der Waals surface area contributed by atoms with Gasteiger partial charge in [0.25, 0.3) is 0 Å². The third-order valence-corrected chi connectivity index (χ3v) is 5.06. The molecule has 0 radical (unpaired) electrons. The van der Waals surface area contributed by atoms with Gasteiger partial charge in [-0.05, 0) is 26.0 Å². The summed E-state index contributed by atoms with van der Waals surface area (Å²) < 4.78 is 1.70. The molecule has 2 amide bonds. The zero-order chi connectivity index (χ0) is 17.2. The second kappa shape index (κ2) is 4.97. The zero-order valence-electron chi connectivity index (χ0n) is 13.0. The van der Waals surface area contributed by atoms with Crippen molar-refractivity contribution in [2.45, 2.75) is 31.7 Å². The number of halogens is 2. The molecule has 1 spiro atoms. The third-order valence-electron chi connectivity index (χ3n) is 4.55. The highest BCUT2D eigenvalue weighted by Crippen LogP contribution is 2.53. The molecule has 24 heavy (non-hydrogen) atoms. The van der Waals surface area contributed by atoms with E-state index in [0.717, 1.165) is 0 Å². The molecule has 0 aliphatic carbocycles. The van der Waals surface area contributed by atoms with E-state index in [1.165, 1.54) is 0 Å². The quantitative estimate of drug-likeness (QED) is 0.814. The molecule has 1 unspecified atom stereocenters. The molecule has 1 aromatic heterocycles. The Morgan fingerprint density at radius 3 is 2.71 bits per heavy atom. The van der Waals surface area contributed by atoms with Crippen molar-refractivity contribution in [2.24, 2.45) is 0 Å². The van der Waals surface area contributed by atoms with Crippen molar-refractivity contribution in [1.82, 2.24) is 9.78 Å². The number of aromatic nitrogens is 2. The van der Waals surface area contributed by atoms with Crippen LogP contribution in [0.25, 0.3) is 0 Å². The maximum atomic E-state index is 12.9. The average Bonchev–Trinajstić information content (AvgIpc) is 2.99. The summed E-state index contributed by atoms with van der Waals surface area (Å²) in [6.07, 6.45) is 1.61. The number of hydrogen-bond donors (Lipinski definition) is 2. The number of carbonyl (C=O) groups excluding carboxylic acids is 2. The number of fused-ring (bicyclic) bond motifs is 4. The highest BCUT2D eigenvalue weighted by atomic mass is 35.5. The number of nitrogens with zero attached hydrogens (tertiary/aromatic N) is 2. The van der Waals surface area contributed by atoms with Crippen molar-refractivity contribution < 1.29 is 9.59 Å². The predicted octanol–water partition coefficient (Wildman–Crippen LogP) is 3.35. The molecule has 1 aromatic carbocycles. The Balaban J connectivity index is 2.05. The van der Waals surface area contributed by atoms with Crippen molar-refractivity contribution in [3.05, 3.63) is 39.5 Å². The Morgan fingerprint density at radius 1 is 1.25 bits per heavy atom. The zero-order valence-corrected chi connectivity index (χ0v) is 14.5. The van der Waals surface area contributed by atoms with E-state index in [4.69, 9.17) is 23.2 Å². The Kier molecular flexibility index (Phi) is 3.21. The van der Waals surface area contributed by atoms with Crippen LogP contribution in [0.15, 0.2) is 18.3 Å². The molecule has 3 heterocycles. The fourth-order valence-corrected chi connectivity index (χ4v) is 4.23. The minimum atomic E-state index is -1.18. The monoisotopic (exact) mass is 364 g/mol. The number of rotatable bonds is 1. The average molecular weight is 365 g/mol. The van der Waals surface area contributed by atoms with Crippen LogP contribution >= 0.6 is 23.2 Å². The maximum absolute atomic E-state index is 12.9. The number of carbonyl (C=O) groups is 2. The lowest BCUT2D eigenvalue weighted by Crippen LogP contribution is -2.43. The molecule has 2 aliphatic heterocycles. The summed E-state index contributed by atoms with van der Waals surface area (Å²) in [5.74, 6) is -0.00439. The first-order valence-electron chi connectivity index (χ1n) is 7.53. The minimum absolute atomic E-state index is 0.0238. The first-order valence-corrected chi connectivity index (χ1v) is 8.29. The van der Waals surface area contributed by atoms with Crippen LogP contribution in [0.4, 0.5) is 11.5 Å². The molecule has 2 aromatic rings. The van der Waals surface area contributed by atoms with Crippen LogP contribution in [0.2, 0.25) is 10.0 Å². The summed E-state index contributed by atoms with van der Waals surface area (Å²) in [6.45, 7) is 3.91. The number of amides is 2. The van der Waals surface area contributed by atoms with Crippen molar-refractivity contribution in [3.63, 3.8) is 0 Å². The van der Waals surface area contributed by atoms with Crippen molar-refractivity contribution >= 4 is 46.5 Å². The van der Waals surface area contributed by atoms with Gasteiger partial charge in [-0.3, -0.25) is 9.59 Å². The van der Waals surface area contributed by atoms with Gasteiger partial charge in [0.1, 0.15) is 11.2 Å². The molecule has 124 valence electrons. The van der Waals surface area contributed by atoms with E-state index in [-0.39, 0.29) is 24.3 Å². The molecule has 0 fully saturated rings. The Hall–Kier alpha value is -2.05. The van der Waals surface area contributed by atoms with E-state index >= 15 is 0 Å². The lowest BCUT2D eigenvalue weighted by Gasteiger charge is -2.32. The molecular weight excluding hydrogens is 351 g/mol. The first-order chi connectivity index (χ1) is 11.3. The van der Waals surface area contributed by atoms with E-state index in [1.807, 2.05) is 13.8 Å². The number of hydrogen-bond acceptors (Lipinski definition) is 3. The lowest BCUT2D eigenvalue weighted by atomic mass is 9.72. The normalized spacial score (nSPS) is 21.7.